The first-order valence-corrected chi connectivity index (χ1v) is 6.07. The van der Waals surface area contributed by atoms with Crippen molar-refractivity contribution in [1.82, 2.24) is 9.97 Å². The van der Waals surface area contributed by atoms with Crippen LogP contribution in [-0.4, -0.2) is 9.97 Å². The van der Waals surface area contributed by atoms with Gasteiger partial charge in [-0.05, 0) is 18.2 Å². The standard InChI is InChI=1S/C14H7ClF2N2O/c15-8-3-1-2-7(4-8)13-18-12-6-11(17)10(16)5-9(12)14(20)19-13/h1-6H,(H,18,19,20). The zero-order valence-corrected chi connectivity index (χ0v) is 10.7. The first-order chi connectivity index (χ1) is 9.54. The lowest BCUT2D eigenvalue weighted by Crippen LogP contribution is -2.10. The van der Waals surface area contributed by atoms with Gasteiger partial charge in [0.05, 0.1) is 10.9 Å². The molecule has 0 bridgehead atoms. The van der Waals surface area contributed by atoms with Gasteiger partial charge in [-0.3, -0.25) is 4.79 Å². The van der Waals surface area contributed by atoms with E-state index in [-0.39, 0.29) is 16.7 Å². The Morgan fingerprint density at radius 2 is 1.85 bits per heavy atom. The van der Waals surface area contributed by atoms with Crippen molar-refractivity contribution in [2.45, 2.75) is 0 Å². The number of benzene rings is 2. The van der Waals surface area contributed by atoms with Gasteiger partial charge in [-0.25, -0.2) is 13.8 Å². The SMILES string of the molecule is O=c1[nH]c(-c2cccc(Cl)c2)nc2cc(F)c(F)cc12. The maximum Gasteiger partial charge on any atom is 0.259 e. The van der Waals surface area contributed by atoms with E-state index in [1.165, 1.54) is 0 Å². The van der Waals surface area contributed by atoms with Crippen LogP contribution < -0.4 is 5.56 Å². The number of fused-ring (bicyclic) bond motifs is 1. The lowest BCUT2D eigenvalue weighted by Gasteiger charge is -2.04. The van der Waals surface area contributed by atoms with Gasteiger partial charge in [0.25, 0.3) is 5.56 Å². The van der Waals surface area contributed by atoms with Crippen molar-refractivity contribution in [1.29, 1.82) is 0 Å². The number of halogens is 3. The van der Waals surface area contributed by atoms with Gasteiger partial charge in [-0.1, -0.05) is 23.7 Å². The van der Waals surface area contributed by atoms with Gasteiger partial charge < -0.3 is 4.98 Å². The number of hydrogen-bond donors (Lipinski definition) is 1. The average Bonchev–Trinajstić information content (AvgIpc) is 2.41. The Balaban J connectivity index is 2.29. The summed E-state index contributed by atoms with van der Waals surface area (Å²) in [5, 5.41) is 0.477. The summed E-state index contributed by atoms with van der Waals surface area (Å²) >= 11 is 5.87. The summed E-state index contributed by atoms with van der Waals surface area (Å²) in [5.74, 6) is -1.89. The number of aromatic amines is 1. The molecule has 100 valence electrons. The van der Waals surface area contributed by atoms with E-state index in [2.05, 4.69) is 9.97 Å². The Labute approximate surface area is 116 Å². The molecule has 0 unspecified atom stereocenters. The quantitative estimate of drug-likeness (QED) is 0.746. The molecule has 3 aromatic rings. The van der Waals surface area contributed by atoms with E-state index in [1.807, 2.05) is 0 Å². The van der Waals surface area contributed by atoms with Crippen molar-refractivity contribution < 1.29 is 8.78 Å². The third-order valence-electron chi connectivity index (χ3n) is 2.85. The van der Waals surface area contributed by atoms with Crippen LogP contribution in [-0.2, 0) is 0 Å². The van der Waals surface area contributed by atoms with Gasteiger partial charge in [0.1, 0.15) is 5.82 Å². The number of nitrogens with zero attached hydrogens (tertiary/aromatic N) is 1. The molecule has 0 saturated carbocycles. The Kier molecular flexibility index (Phi) is 2.99. The monoisotopic (exact) mass is 292 g/mol. The van der Waals surface area contributed by atoms with Crippen LogP contribution in [0.2, 0.25) is 5.02 Å². The fourth-order valence-electron chi connectivity index (χ4n) is 1.91. The third-order valence-corrected chi connectivity index (χ3v) is 3.08. The van der Waals surface area contributed by atoms with Crippen molar-refractivity contribution in [3.05, 3.63) is 63.4 Å². The summed E-state index contributed by atoms with van der Waals surface area (Å²) in [7, 11) is 0. The van der Waals surface area contributed by atoms with E-state index < -0.39 is 17.2 Å². The van der Waals surface area contributed by atoms with Crippen molar-refractivity contribution in [2.24, 2.45) is 0 Å². The molecule has 6 heteroatoms. The number of aromatic nitrogens is 2. The van der Waals surface area contributed by atoms with Crippen LogP contribution in [0.25, 0.3) is 22.3 Å². The van der Waals surface area contributed by atoms with E-state index in [0.29, 0.717) is 10.6 Å². The fourth-order valence-corrected chi connectivity index (χ4v) is 2.10. The second-order valence-electron chi connectivity index (χ2n) is 4.21. The summed E-state index contributed by atoms with van der Waals surface area (Å²) in [4.78, 5) is 18.6. The normalized spacial score (nSPS) is 10.9. The van der Waals surface area contributed by atoms with Crippen molar-refractivity contribution in [2.75, 3.05) is 0 Å². The summed E-state index contributed by atoms with van der Waals surface area (Å²) in [6, 6.07) is 8.43. The van der Waals surface area contributed by atoms with Crippen LogP contribution in [0.3, 0.4) is 0 Å². The van der Waals surface area contributed by atoms with Gasteiger partial charge >= 0.3 is 0 Å². The molecule has 1 heterocycles. The zero-order valence-electron chi connectivity index (χ0n) is 9.95. The lowest BCUT2D eigenvalue weighted by atomic mass is 10.2. The summed E-state index contributed by atoms with van der Waals surface area (Å²) < 4.78 is 26.4. The van der Waals surface area contributed by atoms with Gasteiger partial charge in [0.2, 0.25) is 0 Å². The molecule has 3 nitrogen and oxygen atoms in total. The van der Waals surface area contributed by atoms with Crippen LogP contribution in [0.5, 0.6) is 0 Å². The molecule has 0 fully saturated rings. The number of nitrogens with one attached hydrogen (secondary N) is 1. The molecular weight excluding hydrogens is 286 g/mol. The molecule has 0 atom stereocenters. The van der Waals surface area contributed by atoms with Crippen LogP contribution in [0.1, 0.15) is 0 Å². The van der Waals surface area contributed by atoms with Gasteiger partial charge in [0.15, 0.2) is 11.6 Å². The Morgan fingerprint density at radius 1 is 1.10 bits per heavy atom. The zero-order chi connectivity index (χ0) is 14.3. The molecule has 2 aromatic carbocycles. The van der Waals surface area contributed by atoms with Crippen molar-refractivity contribution >= 4 is 22.5 Å². The molecule has 0 aliphatic carbocycles. The highest BCUT2D eigenvalue weighted by Gasteiger charge is 2.10. The fraction of sp³-hybridized carbons (Fsp3) is 0. The Hall–Kier alpha value is -2.27. The molecular formula is C14H7ClF2N2O. The van der Waals surface area contributed by atoms with E-state index in [9.17, 15) is 13.6 Å². The minimum atomic E-state index is -1.08. The van der Waals surface area contributed by atoms with Crippen molar-refractivity contribution in [3.63, 3.8) is 0 Å². The molecule has 3 rings (SSSR count). The van der Waals surface area contributed by atoms with E-state index in [4.69, 9.17) is 11.6 Å². The lowest BCUT2D eigenvalue weighted by molar-refractivity contribution is 0.510. The predicted molar refractivity (Wildman–Crippen MR) is 72.7 cm³/mol. The molecule has 1 N–H and O–H groups in total. The Bertz CT molecular complexity index is 877. The smallest absolute Gasteiger partial charge is 0.259 e. The van der Waals surface area contributed by atoms with E-state index in [0.717, 1.165) is 12.1 Å². The summed E-state index contributed by atoms with van der Waals surface area (Å²) in [6.45, 7) is 0. The summed E-state index contributed by atoms with van der Waals surface area (Å²) in [5.41, 5.74) is 0.132. The predicted octanol–water partition coefficient (Wildman–Crippen LogP) is 3.52. The highest BCUT2D eigenvalue weighted by Crippen LogP contribution is 2.21. The average molecular weight is 293 g/mol. The van der Waals surface area contributed by atoms with Gasteiger partial charge in [0, 0.05) is 16.7 Å². The molecule has 0 spiro atoms. The van der Waals surface area contributed by atoms with Crippen LogP contribution >= 0.6 is 11.6 Å². The first kappa shape index (κ1) is 12.7. The highest BCUT2D eigenvalue weighted by molar-refractivity contribution is 6.30. The third kappa shape index (κ3) is 2.16. The molecule has 0 aliphatic heterocycles. The molecule has 0 saturated heterocycles. The van der Waals surface area contributed by atoms with Gasteiger partial charge in [-0.15, -0.1) is 0 Å². The number of rotatable bonds is 1. The first-order valence-electron chi connectivity index (χ1n) is 5.69. The van der Waals surface area contributed by atoms with Crippen molar-refractivity contribution in [3.8, 4) is 11.4 Å². The second-order valence-corrected chi connectivity index (χ2v) is 4.64. The minimum absolute atomic E-state index is 0.00493. The second kappa shape index (κ2) is 4.68. The van der Waals surface area contributed by atoms with E-state index in [1.54, 1.807) is 24.3 Å². The van der Waals surface area contributed by atoms with E-state index >= 15 is 0 Å². The highest BCUT2D eigenvalue weighted by atomic mass is 35.5. The van der Waals surface area contributed by atoms with Gasteiger partial charge in [-0.2, -0.15) is 0 Å². The molecule has 0 radical (unpaired) electrons. The maximum absolute atomic E-state index is 13.2. The molecule has 1 aromatic heterocycles. The Morgan fingerprint density at radius 3 is 2.60 bits per heavy atom. The number of hydrogen-bond acceptors (Lipinski definition) is 2. The molecule has 0 aliphatic rings. The summed E-state index contributed by atoms with van der Waals surface area (Å²) in [6.07, 6.45) is 0. The number of H-pyrrole nitrogens is 1. The molecule has 0 amide bonds. The van der Waals surface area contributed by atoms with Crippen LogP contribution in [0.4, 0.5) is 8.78 Å². The maximum atomic E-state index is 13.2. The minimum Gasteiger partial charge on any atom is -0.306 e. The van der Waals surface area contributed by atoms with Crippen LogP contribution in [0.15, 0.2) is 41.2 Å². The largest absolute Gasteiger partial charge is 0.306 e. The topological polar surface area (TPSA) is 45.8 Å². The molecule has 20 heavy (non-hydrogen) atoms. The van der Waals surface area contributed by atoms with Crippen LogP contribution in [0, 0.1) is 11.6 Å².